The van der Waals surface area contributed by atoms with Crippen LogP contribution in [0.1, 0.15) is 10.4 Å². The van der Waals surface area contributed by atoms with Gasteiger partial charge >= 0.3 is 0 Å². The van der Waals surface area contributed by atoms with E-state index in [-0.39, 0.29) is 16.7 Å². The molecule has 2 radical (unpaired) electrons. The Morgan fingerprint density at radius 3 is 2.67 bits per heavy atom. The third kappa shape index (κ3) is 2.35. The SMILES string of the molecule is [B]c1cccc([N+](=O)[O-])c1C(=O)N1CCOCC1. The van der Waals surface area contributed by atoms with Crippen LogP contribution in [0.25, 0.3) is 0 Å². The molecule has 6 nitrogen and oxygen atoms in total. The van der Waals surface area contributed by atoms with Gasteiger partial charge in [-0.2, -0.15) is 0 Å². The van der Waals surface area contributed by atoms with Gasteiger partial charge in [0.05, 0.1) is 18.1 Å². The number of carbonyl (C=O) groups excluding carboxylic acids is 1. The second-order valence-electron chi connectivity index (χ2n) is 3.90. The van der Waals surface area contributed by atoms with E-state index < -0.39 is 10.8 Å². The number of benzene rings is 1. The molecule has 18 heavy (non-hydrogen) atoms. The van der Waals surface area contributed by atoms with Crippen molar-refractivity contribution in [2.45, 2.75) is 0 Å². The molecule has 0 aliphatic carbocycles. The molecule has 1 aromatic carbocycles. The van der Waals surface area contributed by atoms with Gasteiger partial charge in [0, 0.05) is 19.2 Å². The molecule has 7 heteroatoms. The van der Waals surface area contributed by atoms with E-state index in [1.165, 1.54) is 23.1 Å². The number of hydrogen-bond donors (Lipinski definition) is 0. The van der Waals surface area contributed by atoms with Crippen molar-refractivity contribution in [3.63, 3.8) is 0 Å². The third-order valence-electron chi connectivity index (χ3n) is 2.78. The fraction of sp³-hybridized carbons (Fsp3) is 0.364. The van der Waals surface area contributed by atoms with Crippen LogP contribution in [0, 0.1) is 10.1 Å². The molecule has 0 N–H and O–H groups in total. The van der Waals surface area contributed by atoms with Crippen molar-refractivity contribution in [1.82, 2.24) is 4.90 Å². The molecular formula is C11H11BN2O4. The summed E-state index contributed by atoms with van der Waals surface area (Å²) in [6.45, 7) is 1.72. The lowest BCUT2D eigenvalue weighted by Crippen LogP contribution is -2.42. The third-order valence-corrected chi connectivity index (χ3v) is 2.78. The Morgan fingerprint density at radius 2 is 2.06 bits per heavy atom. The molecule has 1 heterocycles. The summed E-state index contributed by atoms with van der Waals surface area (Å²) >= 11 is 0. The largest absolute Gasteiger partial charge is 0.378 e. The van der Waals surface area contributed by atoms with Crippen LogP contribution >= 0.6 is 0 Å². The summed E-state index contributed by atoms with van der Waals surface area (Å²) in [6.07, 6.45) is 0. The highest BCUT2D eigenvalue weighted by atomic mass is 16.6. The zero-order chi connectivity index (χ0) is 13.1. The van der Waals surface area contributed by atoms with Gasteiger partial charge in [0.25, 0.3) is 11.6 Å². The fourth-order valence-electron chi connectivity index (χ4n) is 1.87. The predicted octanol–water partition coefficient (Wildman–Crippen LogP) is -0.139. The normalized spacial score (nSPS) is 15.4. The first-order valence-corrected chi connectivity index (χ1v) is 5.51. The first kappa shape index (κ1) is 12.6. The monoisotopic (exact) mass is 246 g/mol. The summed E-state index contributed by atoms with van der Waals surface area (Å²) in [5, 5.41) is 10.9. The van der Waals surface area contributed by atoms with Crippen molar-refractivity contribution in [2.24, 2.45) is 0 Å². The molecule has 0 spiro atoms. The molecule has 1 aliphatic heterocycles. The van der Waals surface area contributed by atoms with Gasteiger partial charge in [0.15, 0.2) is 0 Å². The lowest BCUT2D eigenvalue weighted by Gasteiger charge is -2.27. The van der Waals surface area contributed by atoms with E-state index >= 15 is 0 Å². The zero-order valence-electron chi connectivity index (χ0n) is 9.67. The Bertz CT molecular complexity index is 486. The first-order valence-electron chi connectivity index (χ1n) is 5.51. The van der Waals surface area contributed by atoms with E-state index in [1.807, 2.05) is 0 Å². The number of amides is 1. The number of nitro groups is 1. The van der Waals surface area contributed by atoms with Crippen molar-refractivity contribution in [3.8, 4) is 0 Å². The van der Waals surface area contributed by atoms with E-state index in [9.17, 15) is 14.9 Å². The molecule has 0 saturated carbocycles. The molecule has 1 aliphatic rings. The van der Waals surface area contributed by atoms with E-state index in [0.29, 0.717) is 26.3 Å². The number of rotatable bonds is 2. The predicted molar refractivity (Wildman–Crippen MR) is 65.2 cm³/mol. The van der Waals surface area contributed by atoms with Crippen LogP contribution in [0.5, 0.6) is 0 Å². The molecule has 1 fully saturated rings. The molecule has 0 bridgehead atoms. The molecule has 0 aromatic heterocycles. The van der Waals surface area contributed by atoms with Crippen molar-refractivity contribution >= 4 is 24.9 Å². The van der Waals surface area contributed by atoms with E-state index in [2.05, 4.69) is 0 Å². The summed E-state index contributed by atoms with van der Waals surface area (Å²) in [7, 11) is 5.68. The lowest BCUT2D eigenvalue weighted by molar-refractivity contribution is -0.385. The maximum atomic E-state index is 12.2. The summed E-state index contributed by atoms with van der Waals surface area (Å²) in [6, 6.07) is 4.23. The molecule has 2 rings (SSSR count). The molecular weight excluding hydrogens is 235 g/mol. The average molecular weight is 246 g/mol. The van der Waals surface area contributed by atoms with Crippen LogP contribution in [-0.4, -0.2) is 49.9 Å². The minimum atomic E-state index is -0.593. The van der Waals surface area contributed by atoms with E-state index in [0.717, 1.165) is 0 Å². The van der Waals surface area contributed by atoms with Gasteiger partial charge in [-0.1, -0.05) is 17.6 Å². The van der Waals surface area contributed by atoms with Crippen LogP contribution in [0.4, 0.5) is 5.69 Å². The van der Waals surface area contributed by atoms with Gasteiger partial charge in [0.2, 0.25) is 0 Å². The molecule has 1 saturated heterocycles. The molecule has 0 unspecified atom stereocenters. The Balaban J connectivity index is 2.36. The highest BCUT2D eigenvalue weighted by Crippen LogP contribution is 2.18. The Labute approximate surface area is 105 Å². The molecule has 1 aromatic rings. The van der Waals surface area contributed by atoms with Gasteiger partial charge in [-0.3, -0.25) is 14.9 Å². The standard InChI is InChI=1S/C11H11BN2O4/c12-8-2-1-3-9(14(16)17)10(8)11(15)13-4-6-18-7-5-13/h1-3H,4-7H2. The smallest absolute Gasteiger partial charge is 0.281 e. The minimum absolute atomic E-state index is 0.0376. The number of ether oxygens (including phenoxy) is 1. The second-order valence-corrected chi connectivity index (χ2v) is 3.90. The van der Waals surface area contributed by atoms with Crippen LogP contribution in [-0.2, 0) is 4.74 Å². The maximum absolute atomic E-state index is 12.2. The van der Waals surface area contributed by atoms with Gasteiger partial charge in [-0.25, -0.2) is 0 Å². The van der Waals surface area contributed by atoms with Crippen molar-refractivity contribution < 1.29 is 14.5 Å². The fourth-order valence-corrected chi connectivity index (χ4v) is 1.87. The summed E-state index contributed by atoms with van der Waals surface area (Å²) in [5.74, 6) is -0.414. The van der Waals surface area contributed by atoms with Gasteiger partial charge < -0.3 is 9.64 Å². The van der Waals surface area contributed by atoms with Crippen LogP contribution in [0.3, 0.4) is 0 Å². The highest BCUT2D eigenvalue weighted by molar-refractivity contribution is 6.37. The second kappa shape index (κ2) is 5.18. The molecule has 92 valence electrons. The van der Waals surface area contributed by atoms with Gasteiger partial charge in [-0.05, 0) is 0 Å². The number of hydrogen-bond acceptors (Lipinski definition) is 4. The van der Waals surface area contributed by atoms with Crippen molar-refractivity contribution in [3.05, 3.63) is 33.9 Å². The first-order chi connectivity index (χ1) is 8.61. The number of nitrogens with zero attached hydrogens (tertiary/aromatic N) is 2. The number of morpholine rings is 1. The average Bonchev–Trinajstić information content (AvgIpc) is 2.38. The summed E-state index contributed by atoms with van der Waals surface area (Å²) < 4.78 is 5.13. The summed E-state index contributed by atoms with van der Waals surface area (Å²) in [5.41, 5.74) is -0.170. The lowest BCUT2D eigenvalue weighted by atomic mass is 9.89. The van der Waals surface area contributed by atoms with Crippen molar-refractivity contribution in [1.29, 1.82) is 0 Å². The molecule has 0 atom stereocenters. The van der Waals surface area contributed by atoms with Crippen LogP contribution in [0.2, 0.25) is 0 Å². The number of nitro benzene ring substituents is 1. The van der Waals surface area contributed by atoms with E-state index in [4.69, 9.17) is 12.6 Å². The van der Waals surface area contributed by atoms with Crippen molar-refractivity contribution in [2.75, 3.05) is 26.3 Å². The quantitative estimate of drug-likeness (QED) is 0.413. The van der Waals surface area contributed by atoms with Crippen LogP contribution < -0.4 is 5.46 Å². The van der Waals surface area contributed by atoms with E-state index in [1.54, 1.807) is 0 Å². The highest BCUT2D eigenvalue weighted by Gasteiger charge is 2.26. The Kier molecular flexibility index (Phi) is 3.62. The Hall–Kier alpha value is -1.89. The number of carbonyl (C=O) groups is 1. The van der Waals surface area contributed by atoms with Gasteiger partial charge in [-0.15, -0.1) is 0 Å². The minimum Gasteiger partial charge on any atom is -0.378 e. The van der Waals surface area contributed by atoms with Gasteiger partial charge in [0.1, 0.15) is 13.4 Å². The summed E-state index contributed by atoms with van der Waals surface area (Å²) in [4.78, 5) is 24.1. The topological polar surface area (TPSA) is 72.7 Å². The Morgan fingerprint density at radius 1 is 1.39 bits per heavy atom. The molecule has 1 amide bonds. The zero-order valence-corrected chi connectivity index (χ0v) is 9.67. The maximum Gasteiger partial charge on any atom is 0.281 e. The van der Waals surface area contributed by atoms with Crippen LogP contribution in [0.15, 0.2) is 18.2 Å².